The van der Waals surface area contributed by atoms with E-state index >= 15 is 0 Å². The van der Waals surface area contributed by atoms with Crippen LogP contribution in [0, 0.1) is 17.8 Å². The van der Waals surface area contributed by atoms with Crippen LogP contribution in [0.15, 0.2) is 48.5 Å². The van der Waals surface area contributed by atoms with Crippen LogP contribution in [0.5, 0.6) is 11.5 Å². The maximum atomic E-state index is 12.5. The fraction of sp³-hybridized carbons (Fsp3) is 0.600. The topological polar surface area (TPSA) is 18.5 Å². The normalized spacial score (nSPS) is 25.3. The van der Waals surface area contributed by atoms with Crippen LogP contribution in [0.1, 0.15) is 94.6 Å². The van der Waals surface area contributed by atoms with Crippen molar-refractivity contribution in [3.8, 4) is 11.5 Å². The summed E-state index contributed by atoms with van der Waals surface area (Å²) in [6, 6.07) is 14.2. The van der Waals surface area contributed by atoms with E-state index < -0.39 is 6.36 Å². The standard InChI is InChI=1S/C30H39F3O2/c1-2-3-6-22-11-13-24(14-12-22)25-15-17-26(18-16-25)27-8-5-9-28(20-27)34-21-23-7-4-10-29(19-23)35-30(31,32)33/h4-5,7-10,19-20,22,24-26H,2-3,6,11-18,21H2,1H3. The maximum absolute atomic E-state index is 12.5. The van der Waals surface area contributed by atoms with Gasteiger partial charge in [-0.1, -0.05) is 63.3 Å². The van der Waals surface area contributed by atoms with Crippen molar-refractivity contribution in [2.75, 3.05) is 0 Å². The van der Waals surface area contributed by atoms with Gasteiger partial charge in [-0.15, -0.1) is 13.2 Å². The van der Waals surface area contributed by atoms with Gasteiger partial charge < -0.3 is 9.47 Å². The number of halogens is 3. The smallest absolute Gasteiger partial charge is 0.489 e. The molecule has 0 saturated heterocycles. The average molecular weight is 489 g/mol. The first-order chi connectivity index (χ1) is 16.9. The summed E-state index contributed by atoms with van der Waals surface area (Å²) in [5, 5.41) is 0. The fourth-order valence-electron chi connectivity index (χ4n) is 6.22. The molecule has 0 N–H and O–H groups in total. The zero-order valence-corrected chi connectivity index (χ0v) is 20.9. The summed E-state index contributed by atoms with van der Waals surface area (Å²) in [6.45, 7) is 2.49. The van der Waals surface area contributed by atoms with Crippen molar-refractivity contribution < 1.29 is 22.6 Å². The van der Waals surface area contributed by atoms with Gasteiger partial charge in [-0.25, -0.2) is 0 Å². The van der Waals surface area contributed by atoms with Gasteiger partial charge in [-0.2, -0.15) is 0 Å². The molecule has 2 aliphatic carbocycles. The monoisotopic (exact) mass is 488 g/mol. The molecular formula is C30H39F3O2. The second-order valence-corrected chi connectivity index (χ2v) is 10.6. The molecule has 192 valence electrons. The van der Waals surface area contributed by atoms with Crippen LogP contribution in [-0.4, -0.2) is 6.36 Å². The minimum absolute atomic E-state index is 0.201. The Bertz CT molecular complexity index is 910. The molecule has 0 radical (unpaired) electrons. The highest BCUT2D eigenvalue weighted by molar-refractivity contribution is 5.32. The summed E-state index contributed by atoms with van der Waals surface area (Å²) in [4.78, 5) is 0. The third-order valence-corrected chi connectivity index (χ3v) is 8.16. The molecule has 0 atom stereocenters. The van der Waals surface area contributed by atoms with Crippen LogP contribution in [0.4, 0.5) is 13.2 Å². The first-order valence-electron chi connectivity index (χ1n) is 13.5. The summed E-state index contributed by atoms with van der Waals surface area (Å²) >= 11 is 0. The van der Waals surface area contributed by atoms with Crippen LogP contribution in [-0.2, 0) is 6.61 Å². The molecule has 0 aromatic heterocycles. The molecule has 0 amide bonds. The van der Waals surface area contributed by atoms with Gasteiger partial charge in [0.1, 0.15) is 18.1 Å². The molecule has 2 aromatic rings. The Morgan fingerprint density at radius 1 is 0.800 bits per heavy atom. The van der Waals surface area contributed by atoms with Gasteiger partial charge in [0.05, 0.1) is 0 Å². The van der Waals surface area contributed by atoms with Crippen LogP contribution in [0.3, 0.4) is 0 Å². The Kier molecular flexibility index (Phi) is 9.02. The molecule has 2 fully saturated rings. The summed E-state index contributed by atoms with van der Waals surface area (Å²) in [5.41, 5.74) is 1.96. The number of ether oxygens (including phenoxy) is 2. The number of benzene rings is 2. The van der Waals surface area contributed by atoms with E-state index in [1.54, 1.807) is 12.1 Å². The van der Waals surface area contributed by atoms with E-state index in [2.05, 4.69) is 23.8 Å². The van der Waals surface area contributed by atoms with Crippen LogP contribution in [0.25, 0.3) is 0 Å². The first kappa shape index (κ1) is 25.9. The zero-order chi connectivity index (χ0) is 24.7. The molecule has 2 nitrogen and oxygen atoms in total. The third-order valence-electron chi connectivity index (χ3n) is 8.16. The number of alkyl halides is 3. The summed E-state index contributed by atoms with van der Waals surface area (Å²) in [5.74, 6) is 3.91. The van der Waals surface area contributed by atoms with E-state index in [0.717, 1.165) is 23.5 Å². The molecule has 5 heteroatoms. The third kappa shape index (κ3) is 7.91. The van der Waals surface area contributed by atoms with Crippen LogP contribution in [0.2, 0.25) is 0 Å². The van der Waals surface area contributed by atoms with E-state index in [4.69, 9.17) is 4.74 Å². The molecule has 2 aromatic carbocycles. The zero-order valence-electron chi connectivity index (χ0n) is 20.9. The molecule has 4 rings (SSSR count). The van der Waals surface area contributed by atoms with E-state index in [1.165, 1.54) is 88.3 Å². The minimum Gasteiger partial charge on any atom is -0.489 e. The highest BCUT2D eigenvalue weighted by atomic mass is 19.4. The predicted molar refractivity (Wildman–Crippen MR) is 134 cm³/mol. The highest BCUT2D eigenvalue weighted by Gasteiger charge is 2.32. The van der Waals surface area contributed by atoms with Crippen molar-refractivity contribution in [2.24, 2.45) is 17.8 Å². The Morgan fingerprint density at radius 2 is 1.46 bits per heavy atom. The molecule has 0 bridgehead atoms. The van der Waals surface area contributed by atoms with Crippen molar-refractivity contribution in [3.63, 3.8) is 0 Å². The summed E-state index contributed by atoms with van der Waals surface area (Å²) in [6.07, 6.45) is 10.3. The SMILES string of the molecule is CCCCC1CCC(C2CCC(c3cccc(OCc4cccc(OC(F)(F)F)c4)c3)CC2)CC1. The molecule has 0 unspecified atom stereocenters. The van der Waals surface area contributed by atoms with Crippen molar-refractivity contribution >= 4 is 0 Å². The van der Waals surface area contributed by atoms with Crippen molar-refractivity contribution in [2.45, 2.75) is 96.4 Å². The van der Waals surface area contributed by atoms with Gasteiger partial charge >= 0.3 is 6.36 Å². The van der Waals surface area contributed by atoms with Crippen molar-refractivity contribution in [1.82, 2.24) is 0 Å². The lowest BCUT2D eigenvalue weighted by Gasteiger charge is -2.38. The van der Waals surface area contributed by atoms with E-state index in [-0.39, 0.29) is 12.4 Å². The molecule has 35 heavy (non-hydrogen) atoms. The number of rotatable bonds is 9. The van der Waals surface area contributed by atoms with E-state index in [9.17, 15) is 13.2 Å². The van der Waals surface area contributed by atoms with Gasteiger partial charge in [0.15, 0.2) is 0 Å². The molecule has 0 heterocycles. The fourth-order valence-corrected chi connectivity index (χ4v) is 6.22. The molecule has 2 aliphatic rings. The maximum Gasteiger partial charge on any atom is 0.573 e. The number of hydrogen-bond donors (Lipinski definition) is 0. The summed E-state index contributed by atoms with van der Waals surface area (Å²) < 4.78 is 47.4. The first-order valence-corrected chi connectivity index (χ1v) is 13.5. The Hall–Kier alpha value is -2.17. The lowest BCUT2D eigenvalue weighted by atomic mass is 9.68. The van der Waals surface area contributed by atoms with Crippen LogP contribution >= 0.6 is 0 Å². The second-order valence-electron chi connectivity index (χ2n) is 10.6. The van der Waals surface area contributed by atoms with Crippen molar-refractivity contribution in [3.05, 3.63) is 59.7 Å². The van der Waals surface area contributed by atoms with Gasteiger partial charge in [0.2, 0.25) is 0 Å². The number of hydrogen-bond acceptors (Lipinski definition) is 2. The summed E-state index contributed by atoms with van der Waals surface area (Å²) in [7, 11) is 0. The average Bonchev–Trinajstić information content (AvgIpc) is 2.86. The Morgan fingerprint density at radius 3 is 2.14 bits per heavy atom. The van der Waals surface area contributed by atoms with Gasteiger partial charge in [0.25, 0.3) is 0 Å². The molecule has 2 saturated carbocycles. The molecular weight excluding hydrogens is 449 g/mol. The largest absolute Gasteiger partial charge is 0.573 e. The lowest BCUT2D eigenvalue weighted by Crippen LogP contribution is -2.25. The van der Waals surface area contributed by atoms with E-state index in [1.807, 2.05) is 12.1 Å². The Balaban J connectivity index is 1.25. The van der Waals surface area contributed by atoms with Gasteiger partial charge in [-0.3, -0.25) is 0 Å². The van der Waals surface area contributed by atoms with E-state index in [0.29, 0.717) is 11.5 Å². The minimum atomic E-state index is -4.69. The molecule has 0 spiro atoms. The predicted octanol–water partition coefficient (Wildman–Crippen LogP) is 9.43. The quantitative estimate of drug-likeness (QED) is 0.350. The highest BCUT2D eigenvalue weighted by Crippen LogP contribution is 2.44. The molecule has 0 aliphatic heterocycles. The number of unbranched alkanes of at least 4 members (excludes halogenated alkanes) is 1. The van der Waals surface area contributed by atoms with Gasteiger partial charge in [0, 0.05) is 0 Å². The second kappa shape index (κ2) is 12.2. The van der Waals surface area contributed by atoms with Gasteiger partial charge in [-0.05, 0) is 97.6 Å². The van der Waals surface area contributed by atoms with Crippen molar-refractivity contribution in [1.29, 1.82) is 0 Å². The van der Waals surface area contributed by atoms with Crippen LogP contribution < -0.4 is 9.47 Å². The Labute approximate surface area is 208 Å². The lowest BCUT2D eigenvalue weighted by molar-refractivity contribution is -0.274.